The Morgan fingerprint density at radius 1 is 1.07 bits per heavy atom. The molecule has 2 aliphatic heterocycles. The molecule has 0 saturated carbocycles. The summed E-state index contributed by atoms with van der Waals surface area (Å²) >= 11 is 0. The number of carbonyl (C=O) groups is 2. The van der Waals surface area contributed by atoms with Crippen LogP contribution in [0.1, 0.15) is 46.5 Å². The molecular formula is C30H43N7O5. The highest BCUT2D eigenvalue weighted by Crippen LogP contribution is 2.33. The number of hydrogen-bond acceptors (Lipinski definition) is 9. The molecule has 2 aliphatic rings. The second-order valence-corrected chi connectivity index (χ2v) is 9.21. The van der Waals surface area contributed by atoms with Gasteiger partial charge in [0, 0.05) is 57.3 Å². The van der Waals surface area contributed by atoms with Crippen molar-refractivity contribution in [3.8, 4) is 5.75 Å². The first-order valence-corrected chi connectivity index (χ1v) is 14.3. The number of methoxy groups -OCH3 is 1. The summed E-state index contributed by atoms with van der Waals surface area (Å²) in [6.07, 6.45) is 1.72. The third kappa shape index (κ3) is 6.89. The van der Waals surface area contributed by atoms with Crippen LogP contribution in [0.3, 0.4) is 0 Å². The van der Waals surface area contributed by atoms with Crippen LogP contribution in [0.15, 0.2) is 48.7 Å². The number of carbonyl (C=O) groups excluding carboxylic acids is 2. The third-order valence-electron chi connectivity index (χ3n) is 6.71. The van der Waals surface area contributed by atoms with Gasteiger partial charge in [0.05, 0.1) is 39.2 Å². The summed E-state index contributed by atoms with van der Waals surface area (Å²) in [5.74, 6) is 0.949. The Hall–Kier alpha value is -4.42. The fourth-order valence-corrected chi connectivity index (χ4v) is 4.66. The number of amides is 3. The second-order valence-electron chi connectivity index (χ2n) is 9.21. The van der Waals surface area contributed by atoms with E-state index < -0.39 is 5.91 Å². The molecule has 228 valence electrons. The molecule has 0 atom stereocenters. The van der Waals surface area contributed by atoms with Crippen molar-refractivity contribution in [1.29, 1.82) is 0 Å². The Kier molecular flexibility index (Phi) is 10.5. The molecule has 3 amide bonds. The van der Waals surface area contributed by atoms with Gasteiger partial charge < -0.3 is 19.7 Å². The fourth-order valence-electron chi connectivity index (χ4n) is 4.66. The molecular weight excluding hydrogens is 538 g/mol. The molecule has 0 aliphatic carbocycles. The summed E-state index contributed by atoms with van der Waals surface area (Å²) in [4.78, 5) is 45.9. The van der Waals surface area contributed by atoms with Crippen LogP contribution in [0.5, 0.6) is 5.75 Å². The molecule has 12 heteroatoms. The predicted octanol–water partition coefficient (Wildman–Crippen LogP) is 5.23. The summed E-state index contributed by atoms with van der Waals surface area (Å²) in [6, 6.07) is 12.8. The van der Waals surface area contributed by atoms with E-state index in [1.807, 2.05) is 32.9 Å². The zero-order valence-corrected chi connectivity index (χ0v) is 24.8. The number of ether oxygens (including phenoxy) is 2. The summed E-state index contributed by atoms with van der Waals surface area (Å²) < 4.78 is 10.8. The minimum atomic E-state index is -0.434. The number of hydroxylamine groups is 1. The minimum Gasteiger partial charge on any atom is -0.497 e. The van der Waals surface area contributed by atoms with Crippen molar-refractivity contribution in [3.05, 3.63) is 59.8 Å². The van der Waals surface area contributed by atoms with Gasteiger partial charge in [-0.15, -0.1) is 0 Å². The lowest BCUT2D eigenvalue weighted by atomic mass is 10.1. The number of anilines is 5. The number of morpholine rings is 1. The molecule has 5 rings (SSSR count). The molecule has 0 unspecified atom stereocenters. The van der Waals surface area contributed by atoms with E-state index in [4.69, 9.17) is 14.3 Å². The number of nitrogens with one attached hydrogen (secondary N) is 2. The van der Waals surface area contributed by atoms with Crippen LogP contribution in [0, 0.1) is 0 Å². The van der Waals surface area contributed by atoms with Crippen LogP contribution >= 0.6 is 0 Å². The van der Waals surface area contributed by atoms with Crippen LogP contribution in [0.25, 0.3) is 0 Å². The predicted molar refractivity (Wildman–Crippen MR) is 167 cm³/mol. The second kappa shape index (κ2) is 14.5. The highest BCUT2D eigenvalue weighted by atomic mass is 16.6. The zero-order chi connectivity index (χ0) is 30.1. The number of nitrogens with zero attached hydrogens (tertiary/aromatic N) is 5. The third-order valence-corrected chi connectivity index (χ3v) is 6.71. The quantitative estimate of drug-likeness (QED) is 0.327. The van der Waals surface area contributed by atoms with Gasteiger partial charge in [-0.25, -0.2) is 15.3 Å². The summed E-state index contributed by atoms with van der Waals surface area (Å²) in [5.41, 5.74) is 5.96. The number of benzene rings is 2. The Balaban J connectivity index is 0.00000165. The van der Waals surface area contributed by atoms with Crippen molar-refractivity contribution in [2.45, 2.75) is 34.2 Å². The molecule has 12 nitrogen and oxygen atoms in total. The van der Waals surface area contributed by atoms with Gasteiger partial charge in [-0.1, -0.05) is 13.8 Å². The normalized spacial score (nSPS) is 14.5. The SMILES string of the molecule is CC.CCONC(=O)c1cc(OC)cc(N2Cc3cnc(Nc4ccc(N5CCOCC5)cc4)nc3N(CC)C2=O)c1.[HH].[HH]. The van der Waals surface area contributed by atoms with Crippen LogP contribution in [-0.2, 0) is 16.1 Å². The van der Waals surface area contributed by atoms with E-state index in [0.29, 0.717) is 41.9 Å². The van der Waals surface area contributed by atoms with Crippen LogP contribution < -0.4 is 30.2 Å². The summed E-state index contributed by atoms with van der Waals surface area (Å²) in [7, 11) is 1.51. The smallest absolute Gasteiger partial charge is 0.330 e. The molecule has 0 bridgehead atoms. The lowest BCUT2D eigenvalue weighted by Crippen LogP contribution is -2.48. The number of urea groups is 1. The highest BCUT2D eigenvalue weighted by molar-refractivity contribution is 6.06. The van der Waals surface area contributed by atoms with E-state index in [1.54, 1.807) is 41.1 Å². The zero-order valence-electron chi connectivity index (χ0n) is 24.8. The van der Waals surface area contributed by atoms with E-state index in [-0.39, 0.29) is 15.4 Å². The van der Waals surface area contributed by atoms with Crippen molar-refractivity contribution in [3.63, 3.8) is 0 Å². The van der Waals surface area contributed by atoms with E-state index in [1.165, 1.54) is 7.11 Å². The lowest BCUT2D eigenvalue weighted by Gasteiger charge is -2.35. The molecule has 1 fully saturated rings. The van der Waals surface area contributed by atoms with Crippen molar-refractivity contribution in [1.82, 2.24) is 15.4 Å². The Morgan fingerprint density at radius 3 is 2.48 bits per heavy atom. The number of fused-ring (bicyclic) bond motifs is 1. The first kappa shape index (κ1) is 30.5. The molecule has 42 heavy (non-hydrogen) atoms. The lowest BCUT2D eigenvalue weighted by molar-refractivity contribution is 0.0364. The van der Waals surface area contributed by atoms with E-state index in [9.17, 15) is 9.59 Å². The summed E-state index contributed by atoms with van der Waals surface area (Å²) in [6.45, 7) is 11.8. The standard InChI is InChI=1S/C28H33N7O5.C2H6.2H2/c1-4-34-25-20(17-29-27(31-25)30-21-6-8-22(9-7-21)33-10-12-39-13-11-33)18-35(28(34)37)23-14-19(15-24(16-23)38-3)26(36)32-40-5-2;1-2;;/h6-9,14-17H,4-5,10-13,18H2,1-3H3,(H,32,36)(H,29,30,31);1-2H3;2*1H. The Labute approximate surface area is 249 Å². The molecule has 3 heterocycles. The number of hydrogen-bond donors (Lipinski definition) is 2. The van der Waals surface area contributed by atoms with E-state index in [0.717, 1.165) is 43.2 Å². The highest BCUT2D eigenvalue weighted by Gasteiger charge is 2.33. The molecule has 1 saturated heterocycles. The van der Waals surface area contributed by atoms with Gasteiger partial charge in [-0.2, -0.15) is 4.98 Å². The van der Waals surface area contributed by atoms with Crippen molar-refractivity contribution < 1.29 is 26.8 Å². The Morgan fingerprint density at radius 2 is 1.81 bits per heavy atom. The van der Waals surface area contributed by atoms with Crippen LogP contribution in [-0.4, -0.2) is 68.5 Å². The number of aromatic nitrogens is 2. The Bertz CT molecular complexity index is 1370. The maximum absolute atomic E-state index is 13.6. The van der Waals surface area contributed by atoms with Crippen molar-refractivity contribution in [2.75, 3.05) is 66.6 Å². The average molecular weight is 582 g/mol. The summed E-state index contributed by atoms with van der Waals surface area (Å²) in [5, 5.41) is 3.25. The van der Waals surface area contributed by atoms with Gasteiger partial charge in [0.2, 0.25) is 5.95 Å². The van der Waals surface area contributed by atoms with Gasteiger partial charge in [0.1, 0.15) is 11.6 Å². The van der Waals surface area contributed by atoms with Gasteiger partial charge in [0.15, 0.2) is 0 Å². The largest absolute Gasteiger partial charge is 0.497 e. The van der Waals surface area contributed by atoms with Crippen LogP contribution in [0.2, 0.25) is 0 Å². The maximum Gasteiger partial charge on any atom is 0.330 e. The maximum atomic E-state index is 13.6. The monoisotopic (exact) mass is 581 g/mol. The fraction of sp³-hybridized carbons (Fsp3) is 0.400. The van der Waals surface area contributed by atoms with Crippen molar-refractivity contribution in [2.24, 2.45) is 0 Å². The molecule has 1 aromatic heterocycles. The van der Waals surface area contributed by atoms with Gasteiger partial charge in [0.25, 0.3) is 5.91 Å². The van der Waals surface area contributed by atoms with Crippen LogP contribution in [0.4, 0.5) is 33.6 Å². The van der Waals surface area contributed by atoms with E-state index >= 15 is 0 Å². The minimum absolute atomic E-state index is 0. The number of rotatable bonds is 9. The molecule has 0 radical (unpaired) electrons. The van der Waals surface area contributed by atoms with E-state index in [2.05, 4.69) is 37.8 Å². The average Bonchev–Trinajstić information content (AvgIpc) is 3.04. The molecule has 3 aromatic rings. The van der Waals surface area contributed by atoms with Crippen molar-refractivity contribution >= 4 is 40.8 Å². The van der Waals surface area contributed by atoms with Gasteiger partial charge in [-0.3, -0.25) is 19.4 Å². The molecule has 0 spiro atoms. The first-order chi connectivity index (χ1) is 20.5. The van der Waals surface area contributed by atoms with Gasteiger partial charge in [-0.05, 0) is 50.2 Å². The van der Waals surface area contributed by atoms with Gasteiger partial charge >= 0.3 is 6.03 Å². The first-order valence-electron chi connectivity index (χ1n) is 14.3. The molecule has 2 N–H and O–H groups in total. The topological polar surface area (TPSA) is 121 Å². The molecule has 2 aromatic carbocycles.